The number of alkyl halides is 2. The van der Waals surface area contributed by atoms with E-state index in [1.54, 1.807) is 4.90 Å². The monoisotopic (exact) mass is 388 g/mol. The van der Waals surface area contributed by atoms with E-state index in [9.17, 15) is 18.4 Å². The molecule has 2 fully saturated rings. The van der Waals surface area contributed by atoms with Crippen molar-refractivity contribution in [1.82, 2.24) is 9.97 Å². The van der Waals surface area contributed by atoms with Crippen molar-refractivity contribution in [2.45, 2.75) is 19.3 Å². The number of pyridine rings is 2. The van der Waals surface area contributed by atoms with Crippen molar-refractivity contribution in [2.75, 3.05) is 18.6 Å². The maximum Gasteiger partial charge on any atom is 0.280 e. The summed E-state index contributed by atoms with van der Waals surface area (Å²) in [5, 5.41) is 0. The summed E-state index contributed by atoms with van der Waals surface area (Å²) >= 11 is 0. The summed E-state index contributed by atoms with van der Waals surface area (Å²) < 4.78 is 31.6. The van der Waals surface area contributed by atoms with Crippen molar-refractivity contribution in [1.29, 1.82) is 0 Å². The van der Waals surface area contributed by atoms with E-state index in [4.69, 9.17) is 10.5 Å². The number of fused-ring (bicyclic) bond motifs is 1. The number of hydrogen-bond donors (Lipinski definition) is 1. The molecule has 7 nitrogen and oxygen atoms in total. The molecule has 1 saturated carbocycles. The van der Waals surface area contributed by atoms with Crippen molar-refractivity contribution in [3.05, 3.63) is 35.8 Å². The molecule has 1 saturated heterocycles. The van der Waals surface area contributed by atoms with Crippen LogP contribution in [0.15, 0.2) is 24.5 Å². The highest BCUT2D eigenvalue weighted by molar-refractivity contribution is 6.02. The molecule has 0 radical (unpaired) electrons. The molecule has 2 aliphatic rings. The van der Waals surface area contributed by atoms with Gasteiger partial charge in [0.2, 0.25) is 5.91 Å². The molecule has 3 heterocycles. The number of primary amides is 1. The molecule has 0 bridgehead atoms. The maximum absolute atomic E-state index is 13.2. The summed E-state index contributed by atoms with van der Waals surface area (Å²) in [5.41, 5.74) is 5.55. The number of amides is 2. The zero-order valence-electron chi connectivity index (χ0n) is 15.1. The van der Waals surface area contributed by atoms with Crippen LogP contribution in [0.3, 0.4) is 0 Å². The van der Waals surface area contributed by atoms with Crippen LogP contribution >= 0.6 is 0 Å². The number of carbonyl (C=O) groups excluding carboxylic acids is 2. The Balaban J connectivity index is 1.84. The Kier molecular flexibility index (Phi) is 4.44. The standard InChI is InChI=1S/C19H18F2N4O3/c1-28-15-8-23-14(17(20)21)5-12(15)11-6-16(24-7-13(11)18(22)26)25-3-2-9-4-10(9)19(25)27/h5-10,17H,2-4H2,1H3,(H2,22,26). The summed E-state index contributed by atoms with van der Waals surface area (Å²) in [6.45, 7) is 0.526. The van der Waals surface area contributed by atoms with Gasteiger partial charge in [-0.15, -0.1) is 0 Å². The van der Waals surface area contributed by atoms with Crippen LogP contribution in [0.1, 0.15) is 35.3 Å². The van der Waals surface area contributed by atoms with Gasteiger partial charge < -0.3 is 10.5 Å². The van der Waals surface area contributed by atoms with Crippen LogP contribution in [0.5, 0.6) is 5.75 Å². The number of nitrogens with two attached hydrogens (primary N) is 1. The Morgan fingerprint density at radius 2 is 2.07 bits per heavy atom. The van der Waals surface area contributed by atoms with Crippen molar-refractivity contribution in [2.24, 2.45) is 17.6 Å². The van der Waals surface area contributed by atoms with Crippen LogP contribution in [-0.2, 0) is 4.79 Å². The second kappa shape index (κ2) is 6.81. The van der Waals surface area contributed by atoms with Crippen LogP contribution in [0.4, 0.5) is 14.6 Å². The normalized spacial score (nSPS) is 20.9. The van der Waals surface area contributed by atoms with E-state index < -0.39 is 18.0 Å². The van der Waals surface area contributed by atoms with Gasteiger partial charge >= 0.3 is 0 Å². The fourth-order valence-corrected chi connectivity index (χ4v) is 3.66. The molecule has 28 heavy (non-hydrogen) atoms. The number of hydrogen-bond acceptors (Lipinski definition) is 5. The molecule has 2 atom stereocenters. The fraction of sp³-hybridized carbons (Fsp3) is 0.368. The Bertz CT molecular complexity index is 966. The molecule has 4 rings (SSSR count). The summed E-state index contributed by atoms with van der Waals surface area (Å²) in [4.78, 5) is 34.0. The lowest BCUT2D eigenvalue weighted by Gasteiger charge is -2.26. The van der Waals surface area contributed by atoms with Crippen molar-refractivity contribution >= 4 is 17.6 Å². The van der Waals surface area contributed by atoms with Gasteiger partial charge in [-0.1, -0.05) is 0 Å². The third kappa shape index (κ3) is 3.06. The lowest BCUT2D eigenvalue weighted by atomic mass is 9.99. The lowest BCUT2D eigenvalue weighted by molar-refractivity contribution is -0.120. The van der Waals surface area contributed by atoms with Crippen molar-refractivity contribution in [3.8, 4) is 16.9 Å². The van der Waals surface area contributed by atoms with Crippen molar-refractivity contribution in [3.63, 3.8) is 0 Å². The van der Waals surface area contributed by atoms with Gasteiger partial charge in [0.15, 0.2) is 0 Å². The molecular formula is C19H18F2N4O3. The minimum Gasteiger partial charge on any atom is -0.494 e. The highest BCUT2D eigenvalue weighted by Crippen LogP contribution is 2.47. The molecule has 0 aromatic carbocycles. The number of rotatable bonds is 5. The van der Waals surface area contributed by atoms with Gasteiger partial charge in [-0.2, -0.15) is 0 Å². The Morgan fingerprint density at radius 1 is 1.29 bits per heavy atom. The first-order chi connectivity index (χ1) is 13.4. The number of anilines is 1. The smallest absolute Gasteiger partial charge is 0.280 e. The summed E-state index contributed by atoms with van der Waals surface area (Å²) in [5.74, 6) is 0.261. The zero-order valence-corrected chi connectivity index (χ0v) is 15.1. The van der Waals surface area contributed by atoms with Gasteiger partial charge in [0, 0.05) is 29.8 Å². The van der Waals surface area contributed by atoms with E-state index in [1.165, 1.54) is 25.6 Å². The van der Waals surface area contributed by atoms with Gasteiger partial charge in [-0.3, -0.25) is 19.5 Å². The second-order valence-electron chi connectivity index (χ2n) is 6.94. The van der Waals surface area contributed by atoms with Crippen LogP contribution in [-0.4, -0.2) is 35.4 Å². The van der Waals surface area contributed by atoms with Crippen LogP contribution in [0.2, 0.25) is 0 Å². The first kappa shape index (κ1) is 18.3. The highest BCUT2D eigenvalue weighted by atomic mass is 19.3. The fourth-order valence-electron chi connectivity index (χ4n) is 3.66. The topological polar surface area (TPSA) is 98.4 Å². The van der Waals surface area contributed by atoms with Crippen molar-refractivity contribution < 1.29 is 23.1 Å². The number of ether oxygens (including phenoxy) is 1. The molecular weight excluding hydrogens is 370 g/mol. The number of nitrogens with zero attached hydrogens (tertiary/aromatic N) is 3. The van der Waals surface area contributed by atoms with Gasteiger partial charge in [0.25, 0.3) is 12.3 Å². The molecule has 2 unspecified atom stereocenters. The molecule has 2 amide bonds. The first-order valence-electron chi connectivity index (χ1n) is 8.84. The molecule has 146 valence electrons. The third-order valence-corrected chi connectivity index (χ3v) is 5.28. The number of methoxy groups -OCH3 is 1. The quantitative estimate of drug-likeness (QED) is 0.849. The van der Waals surface area contributed by atoms with E-state index in [0.29, 0.717) is 18.3 Å². The van der Waals surface area contributed by atoms with Crippen LogP contribution in [0, 0.1) is 11.8 Å². The molecule has 1 aliphatic heterocycles. The minimum atomic E-state index is -2.79. The highest BCUT2D eigenvalue weighted by Gasteiger charge is 2.48. The Morgan fingerprint density at radius 3 is 2.75 bits per heavy atom. The average molecular weight is 388 g/mol. The third-order valence-electron chi connectivity index (χ3n) is 5.28. The van der Waals surface area contributed by atoms with Gasteiger partial charge in [0.05, 0.1) is 18.9 Å². The summed E-state index contributed by atoms with van der Waals surface area (Å²) in [6.07, 6.45) is 1.42. The predicted octanol–water partition coefficient (Wildman–Crippen LogP) is 2.56. The van der Waals surface area contributed by atoms with E-state index in [2.05, 4.69) is 9.97 Å². The minimum absolute atomic E-state index is 0.00325. The van der Waals surface area contributed by atoms with Crippen LogP contribution in [0.25, 0.3) is 11.1 Å². The van der Waals surface area contributed by atoms with Gasteiger partial charge in [-0.05, 0) is 30.9 Å². The predicted molar refractivity (Wildman–Crippen MR) is 96.1 cm³/mol. The number of piperidine rings is 1. The Hall–Kier alpha value is -3.10. The molecule has 2 N–H and O–H groups in total. The number of halogens is 2. The lowest BCUT2D eigenvalue weighted by Crippen LogP contribution is -2.37. The molecule has 9 heteroatoms. The van der Waals surface area contributed by atoms with Crippen LogP contribution < -0.4 is 15.4 Å². The van der Waals surface area contributed by atoms with E-state index in [1.807, 2.05) is 0 Å². The summed E-state index contributed by atoms with van der Waals surface area (Å²) in [6, 6.07) is 2.68. The molecule has 1 aliphatic carbocycles. The number of carbonyl (C=O) groups is 2. The largest absolute Gasteiger partial charge is 0.494 e. The van der Waals surface area contributed by atoms with Gasteiger partial charge in [0.1, 0.15) is 17.3 Å². The SMILES string of the molecule is COc1cnc(C(F)F)cc1-c1cc(N2CCC3CC3C2=O)ncc1C(N)=O. The molecule has 0 spiro atoms. The van der Waals surface area contributed by atoms with E-state index >= 15 is 0 Å². The average Bonchev–Trinajstić information content (AvgIpc) is 3.48. The molecule has 2 aromatic heterocycles. The van der Waals surface area contributed by atoms with E-state index in [-0.39, 0.29) is 34.3 Å². The summed E-state index contributed by atoms with van der Waals surface area (Å²) in [7, 11) is 1.37. The van der Waals surface area contributed by atoms with E-state index in [0.717, 1.165) is 18.9 Å². The Labute approximate surface area is 159 Å². The zero-order chi connectivity index (χ0) is 20.0. The first-order valence-corrected chi connectivity index (χ1v) is 8.84. The maximum atomic E-state index is 13.2. The van der Waals surface area contributed by atoms with Gasteiger partial charge in [-0.25, -0.2) is 13.8 Å². The molecule has 2 aromatic rings. The number of aromatic nitrogens is 2. The second-order valence-corrected chi connectivity index (χ2v) is 6.94.